The Kier molecular flexibility index (Phi) is 4.49. The van der Waals surface area contributed by atoms with Crippen LogP contribution in [-0.2, 0) is 0 Å². The van der Waals surface area contributed by atoms with E-state index in [1.807, 2.05) is 12.1 Å². The third-order valence-electron chi connectivity index (χ3n) is 4.57. The highest BCUT2D eigenvalue weighted by atomic mass is 35.5. The first-order valence-electron chi connectivity index (χ1n) is 7.71. The summed E-state index contributed by atoms with van der Waals surface area (Å²) >= 11 is 6.27. The Labute approximate surface area is 126 Å². The molecule has 20 heavy (non-hydrogen) atoms. The molecule has 1 aromatic carbocycles. The minimum absolute atomic E-state index is 0.427. The summed E-state index contributed by atoms with van der Waals surface area (Å²) in [5.74, 6) is 0.819. The molecule has 1 aliphatic carbocycles. The zero-order chi connectivity index (χ0) is 13.9. The summed E-state index contributed by atoms with van der Waals surface area (Å²) < 4.78 is 0. The van der Waals surface area contributed by atoms with Crippen LogP contribution >= 0.6 is 11.6 Å². The summed E-state index contributed by atoms with van der Waals surface area (Å²) in [6.07, 6.45) is 3.85. The fraction of sp³-hybridized carbons (Fsp3) is 0.625. The van der Waals surface area contributed by atoms with Gasteiger partial charge in [-0.3, -0.25) is 4.90 Å². The van der Waals surface area contributed by atoms with E-state index in [1.165, 1.54) is 18.5 Å². The Hall–Kier alpha value is -0.770. The molecule has 2 fully saturated rings. The number of nitrogens with zero attached hydrogens (tertiary/aromatic N) is 2. The van der Waals surface area contributed by atoms with Crippen molar-refractivity contribution in [2.45, 2.75) is 25.3 Å². The van der Waals surface area contributed by atoms with Crippen molar-refractivity contribution in [1.29, 1.82) is 0 Å². The van der Waals surface area contributed by atoms with E-state index in [0.717, 1.165) is 50.1 Å². The highest BCUT2D eigenvalue weighted by Gasteiger charge is 2.28. The van der Waals surface area contributed by atoms with Gasteiger partial charge in [-0.25, -0.2) is 0 Å². The van der Waals surface area contributed by atoms with Crippen molar-refractivity contribution in [2.24, 2.45) is 11.7 Å². The molecule has 110 valence electrons. The van der Waals surface area contributed by atoms with Gasteiger partial charge in [0.15, 0.2) is 0 Å². The van der Waals surface area contributed by atoms with Gasteiger partial charge in [0.05, 0.1) is 10.7 Å². The molecule has 2 aliphatic rings. The Morgan fingerprint density at radius 2 is 1.85 bits per heavy atom. The number of rotatable bonds is 5. The smallest absolute Gasteiger partial charge is 0.0639 e. The molecule has 0 amide bonds. The van der Waals surface area contributed by atoms with Gasteiger partial charge in [0.25, 0.3) is 0 Å². The van der Waals surface area contributed by atoms with E-state index in [0.29, 0.717) is 6.04 Å². The number of piperazine rings is 1. The molecule has 0 spiro atoms. The minimum Gasteiger partial charge on any atom is -0.368 e. The molecule has 1 aliphatic heterocycles. The SMILES string of the molecule is NC(CCN1CCN(c2ccccc2Cl)CC1)C1CC1. The second-order valence-electron chi connectivity index (χ2n) is 6.07. The fourth-order valence-corrected chi connectivity index (χ4v) is 3.27. The normalized spacial score (nSPS) is 22.0. The molecule has 0 aromatic heterocycles. The molecule has 2 N–H and O–H groups in total. The van der Waals surface area contributed by atoms with Crippen LogP contribution in [0.5, 0.6) is 0 Å². The largest absolute Gasteiger partial charge is 0.368 e. The molecule has 4 heteroatoms. The first-order valence-corrected chi connectivity index (χ1v) is 8.09. The van der Waals surface area contributed by atoms with E-state index in [4.69, 9.17) is 17.3 Å². The van der Waals surface area contributed by atoms with Crippen LogP contribution in [0.25, 0.3) is 0 Å². The highest BCUT2D eigenvalue weighted by Crippen LogP contribution is 2.33. The number of hydrogen-bond donors (Lipinski definition) is 1. The zero-order valence-electron chi connectivity index (χ0n) is 12.0. The van der Waals surface area contributed by atoms with Crippen molar-refractivity contribution in [2.75, 3.05) is 37.6 Å². The predicted octanol–water partition coefficient (Wildman–Crippen LogP) is 2.59. The predicted molar refractivity (Wildman–Crippen MR) is 85.4 cm³/mol. The monoisotopic (exact) mass is 293 g/mol. The average molecular weight is 294 g/mol. The molecule has 1 unspecified atom stereocenters. The van der Waals surface area contributed by atoms with E-state index < -0.39 is 0 Å². The molecular weight excluding hydrogens is 270 g/mol. The van der Waals surface area contributed by atoms with Crippen molar-refractivity contribution >= 4 is 17.3 Å². The minimum atomic E-state index is 0.427. The Morgan fingerprint density at radius 3 is 2.50 bits per heavy atom. The standard InChI is InChI=1S/C16H24ClN3/c17-14-3-1-2-4-16(14)20-11-9-19(10-12-20)8-7-15(18)13-5-6-13/h1-4,13,15H,5-12,18H2. The summed E-state index contributed by atoms with van der Waals surface area (Å²) in [5.41, 5.74) is 7.35. The maximum absolute atomic E-state index is 6.27. The molecule has 1 saturated heterocycles. The van der Waals surface area contributed by atoms with Gasteiger partial charge in [-0.15, -0.1) is 0 Å². The van der Waals surface area contributed by atoms with Crippen LogP contribution in [0.15, 0.2) is 24.3 Å². The average Bonchev–Trinajstić information content (AvgIpc) is 3.31. The van der Waals surface area contributed by atoms with E-state index in [2.05, 4.69) is 21.9 Å². The van der Waals surface area contributed by atoms with Crippen LogP contribution < -0.4 is 10.6 Å². The molecule has 1 heterocycles. The maximum Gasteiger partial charge on any atom is 0.0639 e. The lowest BCUT2D eigenvalue weighted by molar-refractivity contribution is 0.245. The van der Waals surface area contributed by atoms with Gasteiger partial charge in [-0.2, -0.15) is 0 Å². The van der Waals surface area contributed by atoms with Gasteiger partial charge in [0.2, 0.25) is 0 Å². The summed E-state index contributed by atoms with van der Waals surface area (Å²) in [6, 6.07) is 8.55. The van der Waals surface area contributed by atoms with Crippen LogP contribution in [0, 0.1) is 5.92 Å². The first kappa shape index (κ1) is 14.2. The number of nitrogens with two attached hydrogens (primary N) is 1. The quantitative estimate of drug-likeness (QED) is 0.906. The van der Waals surface area contributed by atoms with Crippen molar-refractivity contribution in [3.8, 4) is 0 Å². The number of hydrogen-bond acceptors (Lipinski definition) is 3. The van der Waals surface area contributed by atoms with Gasteiger partial charge >= 0.3 is 0 Å². The van der Waals surface area contributed by atoms with Crippen LogP contribution in [0.2, 0.25) is 5.02 Å². The summed E-state index contributed by atoms with van der Waals surface area (Å²) in [5, 5.41) is 0.858. The van der Waals surface area contributed by atoms with Crippen LogP contribution in [-0.4, -0.2) is 43.7 Å². The van der Waals surface area contributed by atoms with Gasteiger partial charge < -0.3 is 10.6 Å². The zero-order valence-corrected chi connectivity index (χ0v) is 12.7. The maximum atomic E-state index is 6.27. The fourth-order valence-electron chi connectivity index (χ4n) is 3.01. The molecule has 1 atom stereocenters. The molecule has 3 nitrogen and oxygen atoms in total. The molecule has 1 aromatic rings. The van der Waals surface area contributed by atoms with Crippen LogP contribution in [0.3, 0.4) is 0 Å². The van der Waals surface area contributed by atoms with Crippen molar-refractivity contribution in [1.82, 2.24) is 4.90 Å². The number of anilines is 1. The highest BCUT2D eigenvalue weighted by molar-refractivity contribution is 6.33. The molecule has 3 rings (SSSR count). The van der Waals surface area contributed by atoms with E-state index >= 15 is 0 Å². The molecule has 0 radical (unpaired) electrons. The lowest BCUT2D eigenvalue weighted by atomic mass is 10.1. The van der Waals surface area contributed by atoms with Crippen LogP contribution in [0.1, 0.15) is 19.3 Å². The second kappa shape index (κ2) is 6.33. The topological polar surface area (TPSA) is 32.5 Å². The second-order valence-corrected chi connectivity index (χ2v) is 6.48. The summed E-state index contributed by atoms with van der Waals surface area (Å²) in [4.78, 5) is 4.93. The Morgan fingerprint density at radius 1 is 1.15 bits per heavy atom. The van der Waals surface area contributed by atoms with E-state index in [-0.39, 0.29) is 0 Å². The van der Waals surface area contributed by atoms with Crippen molar-refractivity contribution in [3.63, 3.8) is 0 Å². The van der Waals surface area contributed by atoms with Crippen molar-refractivity contribution in [3.05, 3.63) is 29.3 Å². The Balaban J connectivity index is 1.46. The lowest BCUT2D eigenvalue weighted by Crippen LogP contribution is -2.47. The number of para-hydroxylation sites is 1. The van der Waals surface area contributed by atoms with E-state index in [1.54, 1.807) is 0 Å². The van der Waals surface area contributed by atoms with Gasteiger partial charge in [0, 0.05) is 32.2 Å². The van der Waals surface area contributed by atoms with Gasteiger partial charge in [-0.1, -0.05) is 23.7 Å². The van der Waals surface area contributed by atoms with Gasteiger partial charge in [0.1, 0.15) is 0 Å². The molecule has 1 saturated carbocycles. The number of benzene rings is 1. The molecular formula is C16H24ClN3. The first-order chi connectivity index (χ1) is 9.74. The summed E-state index contributed by atoms with van der Waals surface area (Å²) in [6.45, 7) is 5.49. The van der Waals surface area contributed by atoms with Crippen LogP contribution in [0.4, 0.5) is 5.69 Å². The lowest BCUT2D eigenvalue weighted by Gasteiger charge is -2.36. The third kappa shape index (κ3) is 3.46. The van der Waals surface area contributed by atoms with E-state index in [9.17, 15) is 0 Å². The molecule has 0 bridgehead atoms. The third-order valence-corrected chi connectivity index (χ3v) is 4.89. The number of halogens is 1. The van der Waals surface area contributed by atoms with Crippen molar-refractivity contribution < 1.29 is 0 Å². The van der Waals surface area contributed by atoms with Gasteiger partial charge in [-0.05, 0) is 43.9 Å². The summed E-state index contributed by atoms with van der Waals surface area (Å²) in [7, 11) is 0. The Bertz CT molecular complexity index is 439.